The van der Waals surface area contributed by atoms with Gasteiger partial charge in [0.2, 0.25) is 11.8 Å². The van der Waals surface area contributed by atoms with E-state index < -0.39 is 11.2 Å². The van der Waals surface area contributed by atoms with Crippen molar-refractivity contribution in [3.63, 3.8) is 0 Å². The van der Waals surface area contributed by atoms with Crippen LogP contribution in [0.5, 0.6) is 11.8 Å². The highest BCUT2D eigenvalue weighted by molar-refractivity contribution is 5.63. The molecule has 0 spiro atoms. The molecular formula is C17H17NO3. The van der Waals surface area contributed by atoms with Gasteiger partial charge in [-0.15, -0.1) is 0 Å². The highest BCUT2D eigenvalue weighted by Gasteiger charge is 2.56. The number of aryl methyl sites for hydroxylation is 1. The number of rotatable bonds is 1. The van der Waals surface area contributed by atoms with Gasteiger partial charge >= 0.3 is 0 Å². The van der Waals surface area contributed by atoms with Crippen LogP contribution in [0, 0.1) is 6.92 Å². The van der Waals surface area contributed by atoms with Crippen molar-refractivity contribution < 1.29 is 14.9 Å². The first-order chi connectivity index (χ1) is 9.86. The molecule has 0 saturated carbocycles. The van der Waals surface area contributed by atoms with Crippen LogP contribution in [0.4, 0.5) is 0 Å². The summed E-state index contributed by atoms with van der Waals surface area (Å²) in [6.45, 7) is 5.80. The third kappa shape index (κ3) is 1.38. The van der Waals surface area contributed by atoms with Crippen LogP contribution in [0.1, 0.15) is 30.5 Å². The number of ether oxygens (including phenoxy) is 1. The van der Waals surface area contributed by atoms with Crippen molar-refractivity contribution in [2.45, 2.75) is 32.0 Å². The van der Waals surface area contributed by atoms with Gasteiger partial charge in [0.25, 0.3) is 0 Å². The molecule has 2 aliphatic rings. The van der Waals surface area contributed by atoms with E-state index in [1.165, 1.54) is 4.57 Å². The summed E-state index contributed by atoms with van der Waals surface area (Å²) in [4.78, 5) is 0. The number of aromatic hydroxyl groups is 2. The molecule has 1 aromatic heterocycles. The van der Waals surface area contributed by atoms with Crippen LogP contribution < -0.4 is 0 Å². The lowest BCUT2D eigenvalue weighted by atomic mass is 9.86. The van der Waals surface area contributed by atoms with E-state index in [1.807, 2.05) is 57.2 Å². The van der Waals surface area contributed by atoms with E-state index in [0.717, 1.165) is 11.3 Å². The average molecular weight is 283 g/mol. The van der Waals surface area contributed by atoms with Crippen LogP contribution in [0.15, 0.2) is 36.4 Å². The molecule has 0 amide bonds. The van der Waals surface area contributed by atoms with Crippen LogP contribution >= 0.6 is 0 Å². The van der Waals surface area contributed by atoms with E-state index in [4.69, 9.17) is 4.74 Å². The van der Waals surface area contributed by atoms with Gasteiger partial charge in [-0.25, -0.2) is 0 Å². The molecule has 4 rings (SSSR count). The molecule has 0 aliphatic carbocycles. The van der Waals surface area contributed by atoms with Gasteiger partial charge in [-0.2, -0.15) is 0 Å². The SMILES string of the molecule is Cc1ccc(-n2c(O)c3c(c2O)C2(C)C=CC3(C)O2)cc1. The van der Waals surface area contributed by atoms with Crippen molar-refractivity contribution in [3.05, 3.63) is 53.1 Å². The van der Waals surface area contributed by atoms with Crippen molar-refractivity contribution in [1.82, 2.24) is 4.57 Å². The van der Waals surface area contributed by atoms with Gasteiger partial charge in [0.05, 0.1) is 16.8 Å². The summed E-state index contributed by atoms with van der Waals surface area (Å²) in [6.07, 6.45) is 3.88. The Labute approximate surface area is 122 Å². The second-order valence-electron chi connectivity index (χ2n) is 6.22. The molecule has 21 heavy (non-hydrogen) atoms. The maximum Gasteiger partial charge on any atom is 0.205 e. The number of hydrogen-bond donors (Lipinski definition) is 2. The normalized spacial score (nSPS) is 29.1. The Morgan fingerprint density at radius 2 is 1.38 bits per heavy atom. The van der Waals surface area contributed by atoms with E-state index in [9.17, 15) is 10.2 Å². The zero-order valence-corrected chi connectivity index (χ0v) is 12.2. The van der Waals surface area contributed by atoms with Crippen molar-refractivity contribution in [2.24, 2.45) is 0 Å². The Morgan fingerprint density at radius 1 is 0.905 bits per heavy atom. The summed E-state index contributed by atoms with van der Waals surface area (Å²) in [5, 5.41) is 21.3. The van der Waals surface area contributed by atoms with Crippen LogP contribution in [0.2, 0.25) is 0 Å². The molecule has 2 bridgehead atoms. The van der Waals surface area contributed by atoms with Crippen molar-refractivity contribution in [2.75, 3.05) is 0 Å². The second kappa shape index (κ2) is 3.52. The predicted octanol–water partition coefficient (Wildman–Crippen LogP) is 3.23. The Bertz CT molecular complexity index is 746. The number of aromatic nitrogens is 1. The lowest BCUT2D eigenvalue weighted by Gasteiger charge is -2.21. The first-order valence-electron chi connectivity index (χ1n) is 7.01. The highest BCUT2D eigenvalue weighted by Crippen LogP contribution is 2.60. The van der Waals surface area contributed by atoms with Crippen LogP contribution in [-0.4, -0.2) is 14.8 Å². The van der Waals surface area contributed by atoms with E-state index in [1.54, 1.807) is 0 Å². The minimum absolute atomic E-state index is 0.0435. The van der Waals surface area contributed by atoms with Gasteiger partial charge < -0.3 is 14.9 Å². The smallest absolute Gasteiger partial charge is 0.205 e. The van der Waals surface area contributed by atoms with E-state index >= 15 is 0 Å². The van der Waals surface area contributed by atoms with Gasteiger partial charge in [0.1, 0.15) is 11.2 Å². The zero-order chi connectivity index (χ0) is 15.0. The van der Waals surface area contributed by atoms with E-state index in [2.05, 4.69) is 0 Å². The van der Waals surface area contributed by atoms with Crippen LogP contribution in [0.3, 0.4) is 0 Å². The predicted molar refractivity (Wildman–Crippen MR) is 78.8 cm³/mol. The van der Waals surface area contributed by atoms with Gasteiger partial charge in [-0.1, -0.05) is 17.7 Å². The molecule has 2 unspecified atom stereocenters. The first-order valence-corrected chi connectivity index (χ1v) is 7.01. The summed E-state index contributed by atoms with van der Waals surface area (Å²) in [5.74, 6) is 0.0869. The number of fused-ring (bicyclic) bond motifs is 5. The Hall–Kier alpha value is -2.20. The van der Waals surface area contributed by atoms with Gasteiger partial charge in [-0.05, 0) is 45.1 Å². The molecule has 2 N–H and O–H groups in total. The third-order valence-electron chi connectivity index (χ3n) is 4.55. The average Bonchev–Trinajstić information content (AvgIpc) is 2.97. The topological polar surface area (TPSA) is 54.6 Å². The van der Waals surface area contributed by atoms with E-state index in [0.29, 0.717) is 11.1 Å². The molecule has 2 aliphatic heterocycles. The van der Waals surface area contributed by atoms with Gasteiger partial charge in [0.15, 0.2) is 0 Å². The lowest BCUT2D eigenvalue weighted by molar-refractivity contribution is -0.0517. The summed E-state index contributed by atoms with van der Waals surface area (Å²) in [6, 6.07) is 7.66. The third-order valence-corrected chi connectivity index (χ3v) is 4.55. The molecular weight excluding hydrogens is 266 g/mol. The number of benzene rings is 1. The zero-order valence-electron chi connectivity index (χ0n) is 12.2. The molecule has 2 aromatic rings. The minimum atomic E-state index is -0.679. The summed E-state index contributed by atoms with van der Waals surface area (Å²) < 4.78 is 7.47. The Morgan fingerprint density at radius 3 is 1.86 bits per heavy atom. The van der Waals surface area contributed by atoms with Crippen molar-refractivity contribution >= 4 is 0 Å². The largest absolute Gasteiger partial charge is 0.494 e. The standard InChI is InChI=1S/C17H17NO3/c1-10-4-6-11(7-5-10)18-14(19)12-13(15(18)20)17(3)9-8-16(12,2)21-17/h4-9,19-20H,1-3H3. The summed E-state index contributed by atoms with van der Waals surface area (Å²) in [7, 11) is 0. The van der Waals surface area contributed by atoms with Crippen molar-refractivity contribution in [1.29, 1.82) is 0 Å². The fraction of sp³-hybridized carbons (Fsp3) is 0.294. The number of nitrogens with zero attached hydrogens (tertiary/aromatic N) is 1. The van der Waals surface area contributed by atoms with Crippen LogP contribution in [0.25, 0.3) is 5.69 Å². The summed E-state index contributed by atoms with van der Waals surface area (Å²) in [5.41, 5.74) is 1.82. The van der Waals surface area contributed by atoms with Gasteiger partial charge in [-0.3, -0.25) is 4.57 Å². The molecule has 1 aromatic carbocycles. The molecule has 0 radical (unpaired) electrons. The molecule has 4 nitrogen and oxygen atoms in total. The van der Waals surface area contributed by atoms with E-state index in [-0.39, 0.29) is 11.8 Å². The second-order valence-corrected chi connectivity index (χ2v) is 6.22. The fourth-order valence-corrected chi connectivity index (χ4v) is 3.52. The molecule has 108 valence electrons. The van der Waals surface area contributed by atoms with Crippen molar-refractivity contribution in [3.8, 4) is 17.4 Å². The molecule has 2 atom stereocenters. The number of hydrogen-bond acceptors (Lipinski definition) is 3. The minimum Gasteiger partial charge on any atom is -0.494 e. The monoisotopic (exact) mass is 283 g/mol. The maximum atomic E-state index is 10.6. The molecule has 3 heterocycles. The lowest BCUT2D eigenvalue weighted by Crippen LogP contribution is -2.19. The fourth-order valence-electron chi connectivity index (χ4n) is 3.52. The Balaban J connectivity index is 2.00. The maximum absolute atomic E-state index is 10.6. The molecule has 0 saturated heterocycles. The molecule has 4 heteroatoms. The Kier molecular flexibility index (Phi) is 2.10. The summed E-state index contributed by atoms with van der Waals surface area (Å²) >= 11 is 0. The van der Waals surface area contributed by atoms with Gasteiger partial charge in [0, 0.05) is 0 Å². The van der Waals surface area contributed by atoms with Crippen LogP contribution in [-0.2, 0) is 15.9 Å². The quantitative estimate of drug-likeness (QED) is 0.790. The highest BCUT2D eigenvalue weighted by atomic mass is 16.5. The first kappa shape index (κ1) is 12.5. The molecule has 0 fully saturated rings.